The number of hydrazine groups is 1. The molecule has 6 rings (SSSR count). The SMILES string of the molecule is Cn1ncc2c(N)nc3cc(F)c(C(=O)N(Cc4ccc(C(F)(F)F)cn4)N4CC5CC4CO5)cc3c21. The minimum Gasteiger partial charge on any atom is -0.383 e. The summed E-state index contributed by atoms with van der Waals surface area (Å²) in [5.74, 6) is -1.25. The van der Waals surface area contributed by atoms with Crippen molar-refractivity contribution in [3.8, 4) is 0 Å². The Hall–Kier alpha value is -3.84. The molecule has 1 aromatic carbocycles. The van der Waals surface area contributed by atoms with Gasteiger partial charge in [0.25, 0.3) is 5.91 Å². The van der Waals surface area contributed by atoms with Crippen molar-refractivity contribution in [3.05, 3.63) is 59.3 Å². The molecule has 192 valence electrons. The topological polar surface area (TPSA) is 102 Å². The van der Waals surface area contributed by atoms with Gasteiger partial charge in [0.15, 0.2) is 0 Å². The molecular formula is C24H21F4N7O2. The second kappa shape index (κ2) is 8.35. The maximum atomic E-state index is 15.4. The van der Waals surface area contributed by atoms with Gasteiger partial charge in [0.05, 0.1) is 64.7 Å². The Kier molecular flexibility index (Phi) is 5.31. The zero-order chi connectivity index (χ0) is 26.1. The Morgan fingerprint density at radius 1 is 1.24 bits per heavy atom. The summed E-state index contributed by atoms with van der Waals surface area (Å²) in [7, 11) is 1.70. The van der Waals surface area contributed by atoms with Crippen LogP contribution in [0, 0.1) is 5.82 Å². The molecule has 2 atom stereocenters. The molecular weight excluding hydrogens is 494 g/mol. The monoisotopic (exact) mass is 515 g/mol. The molecule has 2 bridgehead atoms. The number of rotatable bonds is 4. The number of alkyl halides is 3. The van der Waals surface area contributed by atoms with Crippen molar-refractivity contribution < 1.29 is 27.1 Å². The average molecular weight is 515 g/mol. The summed E-state index contributed by atoms with van der Waals surface area (Å²) >= 11 is 0. The lowest BCUT2D eigenvalue weighted by molar-refractivity contribution is -0.137. The number of ether oxygens (including phenoxy) is 1. The van der Waals surface area contributed by atoms with Crippen molar-refractivity contribution in [3.63, 3.8) is 0 Å². The van der Waals surface area contributed by atoms with Crippen molar-refractivity contribution >= 4 is 33.5 Å². The normalized spacial score (nSPS) is 19.8. The van der Waals surface area contributed by atoms with Crippen molar-refractivity contribution in [2.24, 2.45) is 7.05 Å². The van der Waals surface area contributed by atoms with E-state index in [9.17, 15) is 18.0 Å². The number of carbonyl (C=O) groups is 1. The van der Waals surface area contributed by atoms with E-state index in [1.54, 1.807) is 22.9 Å². The van der Waals surface area contributed by atoms with Crippen molar-refractivity contribution in [1.29, 1.82) is 0 Å². The highest BCUT2D eigenvalue weighted by Crippen LogP contribution is 2.34. The van der Waals surface area contributed by atoms with E-state index in [4.69, 9.17) is 10.5 Å². The number of nitrogens with zero attached hydrogens (tertiary/aromatic N) is 6. The van der Waals surface area contributed by atoms with Gasteiger partial charge in [-0.1, -0.05) is 0 Å². The number of aryl methyl sites for hydroxylation is 1. The molecule has 4 aromatic rings. The van der Waals surface area contributed by atoms with E-state index in [0.29, 0.717) is 35.9 Å². The summed E-state index contributed by atoms with van der Waals surface area (Å²) in [6, 6.07) is 4.59. The number of hydrogen-bond acceptors (Lipinski definition) is 7. The fraction of sp³-hybridized carbons (Fsp3) is 0.333. The molecule has 5 heterocycles. The minimum atomic E-state index is -4.53. The Morgan fingerprint density at radius 2 is 2.05 bits per heavy atom. The standard InChI is InChI=1S/C24H21F4N7O2/c1-33-21-17-5-16(19(25)6-20(17)32-22(29)18(21)8-31-33)23(36)35(34-10-15-4-14(34)11-37-15)9-13-3-2-12(7-30-13)24(26,27)28/h2-3,5-8,14-15H,4,9-11H2,1H3,(H2,29,32). The lowest BCUT2D eigenvalue weighted by Crippen LogP contribution is -2.52. The second-order valence-electron chi connectivity index (χ2n) is 9.24. The summed E-state index contributed by atoms with van der Waals surface area (Å²) in [6.45, 7) is 0.656. The van der Waals surface area contributed by atoms with Gasteiger partial charge < -0.3 is 10.5 Å². The fourth-order valence-corrected chi connectivity index (χ4v) is 5.08. The molecule has 0 radical (unpaired) electrons. The number of aromatic nitrogens is 4. The Bertz CT molecular complexity index is 1540. The van der Waals surface area contributed by atoms with Gasteiger partial charge in [-0.05, 0) is 24.6 Å². The predicted molar refractivity (Wildman–Crippen MR) is 124 cm³/mol. The first-order valence-corrected chi connectivity index (χ1v) is 11.5. The third-order valence-corrected chi connectivity index (χ3v) is 6.91. The molecule has 0 aliphatic carbocycles. The predicted octanol–water partition coefficient (Wildman–Crippen LogP) is 3.29. The highest BCUT2D eigenvalue weighted by atomic mass is 19.4. The van der Waals surface area contributed by atoms with E-state index in [0.717, 1.165) is 18.3 Å². The van der Waals surface area contributed by atoms with Gasteiger partial charge in [-0.25, -0.2) is 14.4 Å². The third-order valence-electron chi connectivity index (χ3n) is 6.91. The van der Waals surface area contributed by atoms with Crippen molar-refractivity contribution in [1.82, 2.24) is 29.8 Å². The molecule has 0 spiro atoms. The van der Waals surface area contributed by atoms with Crippen LogP contribution in [0.15, 0.2) is 36.7 Å². The zero-order valence-corrected chi connectivity index (χ0v) is 19.5. The van der Waals surface area contributed by atoms with E-state index < -0.39 is 23.5 Å². The number of nitrogen functional groups attached to an aromatic ring is 1. The lowest BCUT2D eigenvalue weighted by atomic mass is 10.1. The number of halogens is 4. The maximum absolute atomic E-state index is 15.4. The smallest absolute Gasteiger partial charge is 0.383 e. The van der Waals surface area contributed by atoms with Crippen LogP contribution in [0.1, 0.15) is 28.0 Å². The number of amides is 1. The van der Waals surface area contributed by atoms with Gasteiger partial charge in [-0.3, -0.25) is 19.5 Å². The summed E-state index contributed by atoms with van der Waals surface area (Å²) in [4.78, 5) is 22.0. The van der Waals surface area contributed by atoms with Crippen molar-refractivity contribution in [2.45, 2.75) is 31.3 Å². The van der Waals surface area contributed by atoms with Crippen LogP contribution in [0.25, 0.3) is 21.8 Å². The van der Waals surface area contributed by atoms with Crippen LogP contribution >= 0.6 is 0 Å². The molecule has 0 saturated carbocycles. The molecule has 2 unspecified atom stereocenters. The molecule has 3 aromatic heterocycles. The van der Waals surface area contributed by atoms with Crippen LogP contribution < -0.4 is 5.73 Å². The number of fused-ring (bicyclic) bond motifs is 5. The number of benzene rings is 1. The number of hydrogen-bond donors (Lipinski definition) is 1. The van der Waals surface area contributed by atoms with Gasteiger partial charge in [0, 0.05) is 31.2 Å². The average Bonchev–Trinajstić information content (AvgIpc) is 3.58. The molecule has 9 nitrogen and oxygen atoms in total. The largest absolute Gasteiger partial charge is 0.417 e. The van der Waals surface area contributed by atoms with Gasteiger partial charge >= 0.3 is 6.18 Å². The van der Waals surface area contributed by atoms with Crippen LogP contribution in [0.2, 0.25) is 0 Å². The first-order chi connectivity index (χ1) is 17.6. The molecule has 1 amide bonds. The maximum Gasteiger partial charge on any atom is 0.417 e. The quantitative estimate of drug-likeness (QED) is 0.416. The molecule has 37 heavy (non-hydrogen) atoms. The third kappa shape index (κ3) is 3.94. The van der Waals surface area contributed by atoms with Crippen LogP contribution in [-0.4, -0.2) is 61.0 Å². The molecule has 2 aliphatic rings. The Morgan fingerprint density at radius 3 is 2.70 bits per heavy atom. The Balaban J connectivity index is 1.42. The second-order valence-corrected chi connectivity index (χ2v) is 9.24. The van der Waals surface area contributed by atoms with Crippen LogP contribution in [0.5, 0.6) is 0 Å². The van der Waals surface area contributed by atoms with E-state index >= 15 is 4.39 Å². The number of pyridine rings is 2. The van der Waals surface area contributed by atoms with E-state index in [-0.39, 0.29) is 41.3 Å². The van der Waals surface area contributed by atoms with Crippen LogP contribution in [0.3, 0.4) is 0 Å². The van der Waals surface area contributed by atoms with Crippen molar-refractivity contribution in [2.75, 3.05) is 18.9 Å². The van der Waals surface area contributed by atoms with E-state index in [1.165, 1.54) is 17.1 Å². The first kappa shape index (κ1) is 23.6. The van der Waals surface area contributed by atoms with Gasteiger partial charge in [0.2, 0.25) is 0 Å². The summed E-state index contributed by atoms with van der Waals surface area (Å²) in [5.41, 5.74) is 6.01. The highest BCUT2D eigenvalue weighted by Gasteiger charge is 2.44. The van der Waals surface area contributed by atoms with Gasteiger partial charge in [0.1, 0.15) is 11.6 Å². The van der Waals surface area contributed by atoms with E-state index in [2.05, 4.69) is 15.1 Å². The number of nitrogens with two attached hydrogens (primary N) is 1. The van der Waals surface area contributed by atoms with E-state index in [1.807, 2.05) is 0 Å². The number of carbonyl (C=O) groups excluding carboxylic acids is 1. The summed E-state index contributed by atoms with van der Waals surface area (Å²) in [6.07, 6.45) is -1.64. The summed E-state index contributed by atoms with van der Waals surface area (Å²) in [5, 5.41) is 8.41. The summed E-state index contributed by atoms with van der Waals surface area (Å²) < 4.78 is 61.6. The number of morpholine rings is 1. The molecule has 13 heteroatoms. The lowest BCUT2D eigenvalue weighted by Gasteiger charge is -2.37. The number of anilines is 1. The zero-order valence-electron chi connectivity index (χ0n) is 19.5. The van der Waals surface area contributed by atoms with Crippen LogP contribution in [-0.2, 0) is 24.5 Å². The Labute approximate surface area is 207 Å². The molecule has 2 saturated heterocycles. The molecule has 2 N–H and O–H groups in total. The fourth-order valence-electron chi connectivity index (χ4n) is 5.08. The minimum absolute atomic E-state index is 0.0800. The first-order valence-electron chi connectivity index (χ1n) is 11.5. The van der Waals surface area contributed by atoms with Gasteiger partial charge in [-0.15, -0.1) is 0 Å². The molecule has 2 aliphatic heterocycles. The van der Waals surface area contributed by atoms with Crippen LogP contribution in [0.4, 0.5) is 23.4 Å². The highest BCUT2D eigenvalue weighted by molar-refractivity contribution is 6.10. The molecule has 2 fully saturated rings. The van der Waals surface area contributed by atoms with Gasteiger partial charge in [-0.2, -0.15) is 18.3 Å².